The SMILES string of the molecule is CC(C)(C)OC(=O)NC(Cc1ccc([N+](=O)[O-])cc1)C(=O)Nc1ccc(C(=O)OC(C)(C)C)cc1. The number of nitro benzene ring substituents is 1. The molecule has 0 bridgehead atoms. The average molecular weight is 486 g/mol. The second-order valence-electron chi connectivity index (χ2n) is 9.89. The lowest BCUT2D eigenvalue weighted by atomic mass is 10.0. The Kier molecular flexibility index (Phi) is 8.57. The summed E-state index contributed by atoms with van der Waals surface area (Å²) in [7, 11) is 0. The largest absolute Gasteiger partial charge is 0.456 e. The van der Waals surface area contributed by atoms with Gasteiger partial charge in [-0.05, 0) is 71.4 Å². The molecule has 1 atom stereocenters. The standard InChI is InChI=1S/C25H31N3O7/c1-24(2,3)34-22(30)17-9-11-18(12-10-17)26-21(29)20(27-23(31)35-25(4,5)6)15-16-7-13-19(14-8-16)28(32)33/h7-14,20H,15H2,1-6H3,(H,26,29)(H,27,31). The van der Waals surface area contributed by atoms with Crippen molar-refractivity contribution in [2.45, 2.75) is 65.2 Å². The fourth-order valence-corrected chi connectivity index (χ4v) is 2.90. The van der Waals surface area contributed by atoms with Gasteiger partial charge in [-0.3, -0.25) is 14.9 Å². The van der Waals surface area contributed by atoms with Crippen molar-refractivity contribution in [3.05, 3.63) is 69.8 Å². The number of non-ortho nitro benzene ring substituents is 1. The van der Waals surface area contributed by atoms with E-state index in [-0.39, 0.29) is 12.1 Å². The van der Waals surface area contributed by atoms with Crippen LogP contribution in [0.5, 0.6) is 0 Å². The van der Waals surface area contributed by atoms with Crippen LogP contribution >= 0.6 is 0 Å². The number of amides is 2. The maximum atomic E-state index is 13.0. The van der Waals surface area contributed by atoms with Crippen molar-refractivity contribution < 1.29 is 28.8 Å². The highest BCUT2D eigenvalue weighted by atomic mass is 16.6. The fraction of sp³-hybridized carbons (Fsp3) is 0.400. The molecule has 0 fully saturated rings. The fourth-order valence-electron chi connectivity index (χ4n) is 2.90. The molecule has 0 saturated carbocycles. The summed E-state index contributed by atoms with van der Waals surface area (Å²) >= 11 is 0. The smallest absolute Gasteiger partial charge is 0.408 e. The molecule has 0 saturated heterocycles. The molecule has 10 nitrogen and oxygen atoms in total. The second-order valence-corrected chi connectivity index (χ2v) is 9.89. The van der Waals surface area contributed by atoms with E-state index in [4.69, 9.17) is 9.47 Å². The van der Waals surface area contributed by atoms with E-state index in [0.29, 0.717) is 16.8 Å². The molecule has 0 aliphatic heterocycles. The van der Waals surface area contributed by atoms with Crippen LogP contribution in [0.3, 0.4) is 0 Å². The molecule has 0 radical (unpaired) electrons. The number of esters is 1. The molecule has 188 valence electrons. The molecule has 0 heterocycles. The van der Waals surface area contributed by atoms with Crippen molar-refractivity contribution in [1.29, 1.82) is 0 Å². The summed E-state index contributed by atoms with van der Waals surface area (Å²) in [6, 6.07) is 10.8. The van der Waals surface area contributed by atoms with Gasteiger partial charge in [0.25, 0.3) is 5.69 Å². The first-order valence-corrected chi connectivity index (χ1v) is 11.0. The van der Waals surface area contributed by atoms with E-state index in [1.165, 1.54) is 36.4 Å². The number of anilines is 1. The first-order chi connectivity index (χ1) is 16.1. The molecule has 2 amide bonds. The topological polar surface area (TPSA) is 137 Å². The summed E-state index contributed by atoms with van der Waals surface area (Å²) in [4.78, 5) is 47.9. The third-order valence-corrected chi connectivity index (χ3v) is 4.38. The zero-order chi connectivity index (χ0) is 26.4. The van der Waals surface area contributed by atoms with Crippen molar-refractivity contribution in [2.24, 2.45) is 0 Å². The lowest BCUT2D eigenvalue weighted by Crippen LogP contribution is -2.47. The van der Waals surface area contributed by atoms with E-state index in [1.807, 2.05) is 0 Å². The average Bonchev–Trinajstić information content (AvgIpc) is 2.71. The van der Waals surface area contributed by atoms with Gasteiger partial charge in [0.15, 0.2) is 0 Å². The van der Waals surface area contributed by atoms with Crippen LogP contribution in [-0.4, -0.2) is 40.1 Å². The summed E-state index contributed by atoms with van der Waals surface area (Å²) in [5, 5.41) is 16.2. The Bertz CT molecular complexity index is 1070. The van der Waals surface area contributed by atoms with Crippen molar-refractivity contribution in [3.63, 3.8) is 0 Å². The number of hydrogen-bond donors (Lipinski definition) is 2. The van der Waals surface area contributed by atoms with E-state index < -0.39 is 40.1 Å². The van der Waals surface area contributed by atoms with Crippen molar-refractivity contribution in [1.82, 2.24) is 5.32 Å². The van der Waals surface area contributed by atoms with Gasteiger partial charge in [-0.1, -0.05) is 12.1 Å². The minimum absolute atomic E-state index is 0.0685. The zero-order valence-electron chi connectivity index (χ0n) is 20.7. The highest BCUT2D eigenvalue weighted by Gasteiger charge is 2.25. The maximum absolute atomic E-state index is 13.0. The Balaban J connectivity index is 2.16. The number of carbonyl (C=O) groups is 3. The first kappa shape index (κ1) is 27.3. The lowest BCUT2D eigenvalue weighted by Gasteiger charge is -2.23. The summed E-state index contributed by atoms with van der Waals surface area (Å²) in [5.41, 5.74) is -0.153. The molecule has 2 aromatic carbocycles. The van der Waals surface area contributed by atoms with E-state index in [9.17, 15) is 24.5 Å². The number of hydrogen-bond acceptors (Lipinski definition) is 7. The van der Waals surface area contributed by atoms with Gasteiger partial charge in [0.1, 0.15) is 17.2 Å². The summed E-state index contributed by atoms with van der Waals surface area (Å²) in [6.45, 7) is 10.4. The van der Waals surface area contributed by atoms with Crippen LogP contribution < -0.4 is 10.6 Å². The number of carbonyl (C=O) groups excluding carboxylic acids is 3. The van der Waals surface area contributed by atoms with Gasteiger partial charge < -0.3 is 20.1 Å². The van der Waals surface area contributed by atoms with Gasteiger partial charge in [0.05, 0.1) is 10.5 Å². The number of ether oxygens (including phenoxy) is 2. The number of rotatable bonds is 7. The van der Waals surface area contributed by atoms with Crippen molar-refractivity contribution in [3.8, 4) is 0 Å². The number of benzene rings is 2. The first-order valence-electron chi connectivity index (χ1n) is 11.0. The minimum atomic E-state index is -1.03. The van der Waals surface area contributed by atoms with Crippen LogP contribution in [0.1, 0.15) is 57.5 Å². The molecular weight excluding hydrogens is 454 g/mol. The van der Waals surface area contributed by atoms with Crippen LogP contribution in [-0.2, 0) is 20.7 Å². The Morgan fingerprint density at radius 1 is 0.886 bits per heavy atom. The Hall–Kier alpha value is -3.95. The van der Waals surface area contributed by atoms with E-state index >= 15 is 0 Å². The van der Waals surface area contributed by atoms with Crippen LogP contribution in [0.4, 0.5) is 16.2 Å². The zero-order valence-corrected chi connectivity index (χ0v) is 20.7. The summed E-state index contributed by atoms with van der Waals surface area (Å²) in [6.07, 6.45) is -0.709. The van der Waals surface area contributed by atoms with Crippen LogP contribution in [0, 0.1) is 10.1 Å². The molecule has 2 N–H and O–H groups in total. The molecule has 35 heavy (non-hydrogen) atoms. The minimum Gasteiger partial charge on any atom is -0.456 e. The van der Waals surface area contributed by atoms with E-state index in [1.54, 1.807) is 53.7 Å². The summed E-state index contributed by atoms with van der Waals surface area (Å²) in [5.74, 6) is -1.02. The van der Waals surface area contributed by atoms with Gasteiger partial charge in [-0.2, -0.15) is 0 Å². The number of alkyl carbamates (subject to hydrolysis) is 1. The quantitative estimate of drug-likeness (QED) is 0.331. The second kappa shape index (κ2) is 11.0. The van der Waals surface area contributed by atoms with Crippen LogP contribution in [0.25, 0.3) is 0 Å². The van der Waals surface area contributed by atoms with Crippen LogP contribution in [0.15, 0.2) is 48.5 Å². The molecule has 10 heteroatoms. The highest BCUT2D eigenvalue weighted by molar-refractivity contribution is 5.97. The molecule has 1 unspecified atom stereocenters. The van der Waals surface area contributed by atoms with E-state index in [0.717, 1.165) is 0 Å². The molecule has 2 aromatic rings. The Morgan fingerprint density at radius 3 is 1.91 bits per heavy atom. The summed E-state index contributed by atoms with van der Waals surface area (Å²) < 4.78 is 10.6. The Morgan fingerprint density at radius 2 is 1.43 bits per heavy atom. The molecular formula is C25H31N3O7. The predicted octanol–water partition coefficient (Wildman–Crippen LogP) is 4.62. The van der Waals surface area contributed by atoms with Gasteiger partial charge >= 0.3 is 12.1 Å². The number of nitrogens with one attached hydrogen (secondary N) is 2. The lowest BCUT2D eigenvalue weighted by molar-refractivity contribution is -0.384. The number of nitrogens with zero attached hydrogens (tertiary/aromatic N) is 1. The number of nitro groups is 1. The van der Waals surface area contributed by atoms with Gasteiger partial charge in [0.2, 0.25) is 5.91 Å². The van der Waals surface area contributed by atoms with Gasteiger partial charge in [-0.15, -0.1) is 0 Å². The highest BCUT2D eigenvalue weighted by Crippen LogP contribution is 2.17. The maximum Gasteiger partial charge on any atom is 0.408 e. The molecule has 0 aliphatic rings. The molecule has 0 aromatic heterocycles. The Labute approximate surface area is 204 Å². The molecule has 0 aliphatic carbocycles. The third-order valence-electron chi connectivity index (χ3n) is 4.38. The molecule has 2 rings (SSSR count). The van der Waals surface area contributed by atoms with Crippen molar-refractivity contribution >= 4 is 29.3 Å². The van der Waals surface area contributed by atoms with Gasteiger partial charge in [0, 0.05) is 24.2 Å². The van der Waals surface area contributed by atoms with Crippen molar-refractivity contribution in [2.75, 3.05) is 5.32 Å². The van der Waals surface area contributed by atoms with Crippen LogP contribution in [0.2, 0.25) is 0 Å². The predicted molar refractivity (Wildman–Crippen MR) is 130 cm³/mol. The molecule has 0 spiro atoms. The van der Waals surface area contributed by atoms with E-state index in [2.05, 4.69) is 10.6 Å². The van der Waals surface area contributed by atoms with Gasteiger partial charge in [-0.25, -0.2) is 9.59 Å². The normalized spacial score (nSPS) is 12.3. The third kappa shape index (κ3) is 9.44. The monoisotopic (exact) mass is 485 g/mol.